The van der Waals surface area contributed by atoms with Gasteiger partial charge in [0, 0.05) is 6.04 Å². The quantitative estimate of drug-likeness (QED) is 0.824. The minimum absolute atomic E-state index is 0.828. The van der Waals surface area contributed by atoms with Crippen LogP contribution in [0.5, 0.6) is 0 Å². The third-order valence-corrected chi connectivity index (χ3v) is 5.22. The van der Waals surface area contributed by atoms with Crippen molar-refractivity contribution in [1.82, 2.24) is 15.1 Å². The third-order valence-electron chi connectivity index (χ3n) is 5.22. The van der Waals surface area contributed by atoms with Crippen molar-refractivity contribution >= 4 is 0 Å². The van der Waals surface area contributed by atoms with Crippen LogP contribution < -0.4 is 5.32 Å². The lowest BCUT2D eigenvalue weighted by Gasteiger charge is -2.27. The Bertz CT molecular complexity index is 238. The summed E-state index contributed by atoms with van der Waals surface area (Å²) >= 11 is 0. The fraction of sp³-hybridized carbons (Fsp3) is 1.00. The molecular formula is C16H33N3. The van der Waals surface area contributed by atoms with Crippen LogP contribution >= 0.6 is 0 Å². The first-order chi connectivity index (χ1) is 9.29. The van der Waals surface area contributed by atoms with Gasteiger partial charge in [-0.25, -0.2) is 0 Å². The van der Waals surface area contributed by atoms with Gasteiger partial charge in [-0.05, 0) is 90.8 Å². The molecule has 3 nitrogen and oxygen atoms in total. The van der Waals surface area contributed by atoms with Crippen molar-refractivity contribution < 1.29 is 0 Å². The Morgan fingerprint density at radius 1 is 1.11 bits per heavy atom. The van der Waals surface area contributed by atoms with Crippen LogP contribution in [0, 0.1) is 5.92 Å². The van der Waals surface area contributed by atoms with Crippen molar-refractivity contribution in [3.63, 3.8) is 0 Å². The van der Waals surface area contributed by atoms with Gasteiger partial charge in [-0.15, -0.1) is 0 Å². The molecule has 0 radical (unpaired) electrons. The van der Waals surface area contributed by atoms with E-state index in [1.807, 2.05) is 0 Å². The molecule has 19 heavy (non-hydrogen) atoms. The Morgan fingerprint density at radius 2 is 1.89 bits per heavy atom. The average molecular weight is 267 g/mol. The van der Waals surface area contributed by atoms with Crippen molar-refractivity contribution in [2.45, 2.75) is 51.5 Å². The maximum atomic E-state index is 3.47. The predicted octanol–water partition coefficient (Wildman–Crippen LogP) is 2.18. The summed E-state index contributed by atoms with van der Waals surface area (Å²) in [6, 6.07) is 0.828. The second-order valence-corrected chi connectivity index (χ2v) is 6.48. The Kier molecular flexibility index (Phi) is 6.62. The zero-order valence-corrected chi connectivity index (χ0v) is 13.0. The molecular weight excluding hydrogens is 234 g/mol. The Labute approximate surface area is 119 Å². The number of nitrogens with one attached hydrogen (secondary N) is 1. The van der Waals surface area contributed by atoms with Crippen LogP contribution in [0.3, 0.4) is 0 Å². The fourth-order valence-corrected chi connectivity index (χ4v) is 3.60. The summed E-state index contributed by atoms with van der Waals surface area (Å²) in [6.07, 6.45) is 8.38. The molecule has 0 aromatic rings. The van der Waals surface area contributed by atoms with Crippen LogP contribution in [0.1, 0.15) is 45.4 Å². The largest absolute Gasteiger partial charge is 0.317 e. The van der Waals surface area contributed by atoms with E-state index in [9.17, 15) is 0 Å². The molecule has 3 heteroatoms. The van der Waals surface area contributed by atoms with Gasteiger partial charge in [0.2, 0.25) is 0 Å². The van der Waals surface area contributed by atoms with E-state index in [2.05, 4.69) is 29.1 Å². The van der Waals surface area contributed by atoms with Gasteiger partial charge < -0.3 is 15.1 Å². The maximum Gasteiger partial charge on any atom is 0.0105 e. The van der Waals surface area contributed by atoms with Crippen molar-refractivity contribution in [2.24, 2.45) is 5.92 Å². The Hall–Kier alpha value is -0.120. The van der Waals surface area contributed by atoms with Crippen LogP contribution in [-0.4, -0.2) is 62.2 Å². The Balaban J connectivity index is 1.67. The van der Waals surface area contributed by atoms with Crippen LogP contribution in [0.4, 0.5) is 0 Å². The zero-order valence-electron chi connectivity index (χ0n) is 13.0. The lowest BCUT2D eigenvalue weighted by atomic mass is 9.94. The van der Waals surface area contributed by atoms with Crippen LogP contribution in [-0.2, 0) is 0 Å². The smallest absolute Gasteiger partial charge is 0.0105 e. The number of piperidine rings is 1. The highest BCUT2D eigenvalue weighted by Gasteiger charge is 2.20. The lowest BCUT2D eigenvalue weighted by molar-refractivity contribution is 0.215. The van der Waals surface area contributed by atoms with Gasteiger partial charge in [-0.1, -0.05) is 6.92 Å². The summed E-state index contributed by atoms with van der Waals surface area (Å²) in [5, 5.41) is 3.47. The van der Waals surface area contributed by atoms with Crippen molar-refractivity contribution in [1.29, 1.82) is 0 Å². The van der Waals surface area contributed by atoms with Gasteiger partial charge in [-0.2, -0.15) is 0 Å². The molecule has 0 aromatic heterocycles. The van der Waals surface area contributed by atoms with Gasteiger partial charge in [0.05, 0.1) is 0 Å². The molecule has 0 saturated carbocycles. The minimum Gasteiger partial charge on any atom is -0.317 e. The van der Waals surface area contributed by atoms with Gasteiger partial charge in [0.25, 0.3) is 0 Å². The van der Waals surface area contributed by atoms with Crippen LogP contribution in [0.25, 0.3) is 0 Å². The first-order valence-corrected chi connectivity index (χ1v) is 8.43. The summed E-state index contributed by atoms with van der Waals surface area (Å²) in [4.78, 5) is 5.27. The first kappa shape index (κ1) is 15.3. The molecule has 0 aromatic carbocycles. The predicted molar refractivity (Wildman–Crippen MR) is 82.6 cm³/mol. The number of nitrogens with zero attached hydrogens (tertiary/aromatic N) is 2. The topological polar surface area (TPSA) is 18.5 Å². The van der Waals surface area contributed by atoms with E-state index in [1.54, 1.807) is 0 Å². The van der Waals surface area contributed by atoms with E-state index < -0.39 is 0 Å². The highest BCUT2D eigenvalue weighted by Crippen LogP contribution is 2.19. The van der Waals surface area contributed by atoms with E-state index in [-0.39, 0.29) is 0 Å². The van der Waals surface area contributed by atoms with Crippen molar-refractivity contribution in [3.8, 4) is 0 Å². The van der Waals surface area contributed by atoms with Gasteiger partial charge in [0.15, 0.2) is 0 Å². The fourth-order valence-electron chi connectivity index (χ4n) is 3.60. The van der Waals surface area contributed by atoms with Crippen LogP contribution in [0.15, 0.2) is 0 Å². The highest BCUT2D eigenvalue weighted by atomic mass is 15.2. The van der Waals surface area contributed by atoms with E-state index in [1.165, 1.54) is 77.8 Å². The molecule has 2 fully saturated rings. The molecule has 0 spiro atoms. The standard InChI is InChI=1S/C16H33N3/c1-3-18(2)16-5-4-12-19(14-9-16)13-8-15-6-10-17-11-7-15/h15-17H,3-14H2,1-2H3. The number of rotatable bonds is 5. The summed E-state index contributed by atoms with van der Waals surface area (Å²) in [5.41, 5.74) is 0. The van der Waals surface area contributed by atoms with E-state index >= 15 is 0 Å². The second-order valence-electron chi connectivity index (χ2n) is 6.48. The van der Waals surface area contributed by atoms with Crippen molar-refractivity contribution in [3.05, 3.63) is 0 Å². The summed E-state index contributed by atoms with van der Waals surface area (Å²) in [7, 11) is 2.29. The summed E-state index contributed by atoms with van der Waals surface area (Å²) in [6.45, 7) is 9.95. The second kappa shape index (κ2) is 8.23. The molecule has 0 amide bonds. The monoisotopic (exact) mass is 267 g/mol. The van der Waals surface area contributed by atoms with Gasteiger partial charge in [0.1, 0.15) is 0 Å². The number of hydrogen-bond donors (Lipinski definition) is 1. The third kappa shape index (κ3) is 5.05. The summed E-state index contributed by atoms with van der Waals surface area (Å²) in [5.74, 6) is 0.985. The molecule has 1 unspecified atom stereocenters. The molecule has 2 saturated heterocycles. The zero-order chi connectivity index (χ0) is 13.5. The summed E-state index contributed by atoms with van der Waals surface area (Å²) < 4.78 is 0. The molecule has 2 aliphatic heterocycles. The highest BCUT2D eigenvalue weighted by molar-refractivity contribution is 4.77. The van der Waals surface area contributed by atoms with E-state index in [0.29, 0.717) is 0 Å². The SMILES string of the molecule is CCN(C)C1CCCN(CCC2CCNCC2)CC1. The van der Waals surface area contributed by atoms with Crippen LogP contribution in [0.2, 0.25) is 0 Å². The van der Waals surface area contributed by atoms with Gasteiger partial charge in [-0.3, -0.25) is 0 Å². The molecule has 0 aliphatic carbocycles. The maximum absolute atomic E-state index is 3.47. The molecule has 2 rings (SSSR count). The van der Waals surface area contributed by atoms with Gasteiger partial charge >= 0.3 is 0 Å². The van der Waals surface area contributed by atoms with Crippen molar-refractivity contribution in [2.75, 3.05) is 46.3 Å². The molecule has 2 heterocycles. The molecule has 0 bridgehead atoms. The molecule has 1 atom stereocenters. The number of hydrogen-bond acceptors (Lipinski definition) is 3. The first-order valence-electron chi connectivity index (χ1n) is 8.43. The number of likely N-dealkylation sites (tertiary alicyclic amines) is 1. The van der Waals surface area contributed by atoms with E-state index in [4.69, 9.17) is 0 Å². The Morgan fingerprint density at radius 3 is 2.63 bits per heavy atom. The average Bonchev–Trinajstić information content (AvgIpc) is 2.71. The lowest BCUT2D eigenvalue weighted by Crippen LogP contribution is -2.34. The minimum atomic E-state index is 0.828. The molecule has 2 aliphatic rings. The van der Waals surface area contributed by atoms with E-state index in [0.717, 1.165) is 12.0 Å². The normalized spacial score (nSPS) is 27.6. The molecule has 1 N–H and O–H groups in total. The molecule has 112 valence electrons.